The zero-order valence-electron chi connectivity index (χ0n) is 14.7. The quantitative estimate of drug-likeness (QED) is 0.612. The van der Waals surface area contributed by atoms with Crippen LogP contribution >= 0.6 is 0 Å². The fourth-order valence-corrected chi connectivity index (χ4v) is 3.02. The molecule has 0 spiro atoms. The van der Waals surface area contributed by atoms with E-state index in [0.717, 1.165) is 5.56 Å². The molecule has 8 nitrogen and oxygen atoms in total. The summed E-state index contributed by atoms with van der Waals surface area (Å²) in [5.74, 6) is -0.642. The molecule has 0 atom stereocenters. The molecule has 0 fully saturated rings. The molecule has 0 aliphatic carbocycles. The van der Waals surface area contributed by atoms with Gasteiger partial charge in [0.15, 0.2) is 6.61 Å². The zero-order chi connectivity index (χ0) is 19.7. The minimum Gasteiger partial charge on any atom is -0.497 e. The first kappa shape index (κ1) is 20.4. The molecule has 0 aliphatic heterocycles. The predicted octanol–water partition coefficient (Wildman–Crippen LogP) is 0.833. The van der Waals surface area contributed by atoms with E-state index in [0.29, 0.717) is 5.75 Å². The molecule has 0 aliphatic rings. The fourth-order valence-electron chi connectivity index (χ4n) is 2.03. The maximum absolute atomic E-state index is 12.0. The van der Waals surface area contributed by atoms with Crippen LogP contribution in [0.5, 0.6) is 5.75 Å². The molecular weight excluding hydrogens is 372 g/mol. The van der Waals surface area contributed by atoms with Crippen molar-refractivity contribution in [2.75, 3.05) is 20.3 Å². The van der Waals surface area contributed by atoms with Gasteiger partial charge in [-0.2, -0.15) is 4.72 Å². The zero-order valence-corrected chi connectivity index (χ0v) is 15.5. The molecule has 9 heteroatoms. The maximum atomic E-state index is 12.0. The van der Waals surface area contributed by atoms with Gasteiger partial charge in [0, 0.05) is 6.54 Å². The van der Waals surface area contributed by atoms with Crippen molar-refractivity contribution in [2.45, 2.75) is 11.4 Å². The lowest BCUT2D eigenvalue weighted by Crippen LogP contribution is -2.33. The highest BCUT2D eigenvalue weighted by atomic mass is 32.2. The highest BCUT2D eigenvalue weighted by Crippen LogP contribution is 2.10. The Morgan fingerprint density at radius 3 is 2.30 bits per heavy atom. The number of carbonyl (C=O) groups is 2. The Morgan fingerprint density at radius 1 is 1.00 bits per heavy atom. The summed E-state index contributed by atoms with van der Waals surface area (Å²) in [4.78, 5) is 23.4. The molecule has 2 aromatic rings. The SMILES string of the molecule is COc1ccc(CNC(=O)COC(=O)CNS(=O)(=O)c2ccccc2)cc1. The third-order valence-electron chi connectivity index (χ3n) is 3.47. The Hall–Kier alpha value is -2.91. The number of benzene rings is 2. The molecule has 0 saturated heterocycles. The molecular formula is C18H20N2O6S. The van der Waals surface area contributed by atoms with Crippen molar-refractivity contribution < 1.29 is 27.5 Å². The van der Waals surface area contributed by atoms with Crippen LogP contribution in [0.25, 0.3) is 0 Å². The summed E-state index contributed by atoms with van der Waals surface area (Å²) in [5, 5.41) is 2.59. The van der Waals surface area contributed by atoms with E-state index >= 15 is 0 Å². The van der Waals surface area contributed by atoms with Crippen molar-refractivity contribution >= 4 is 21.9 Å². The Bertz CT molecular complexity index is 866. The Labute approximate surface area is 157 Å². The predicted molar refractivity (Wildman–Crippen MR) is 97.4 cm³/mol. The van der Waals surface area contributed by atoms with Gasteiger partial charge in [0.2, 0.25) is 10.0 Å². The van der Waals surface area contributed by atoms with Crippen molar-refractivity contribution in [2.24, 2.45) is 0 Å². The van der Waals surface area contributed by atoms with E-state index in [1.54, 1.807) is 49.6 Å². The second kappa shape index (κ2) is 9.70. The van der Waals surface area contributed by atoms with E-state index < -0.39 is 35.1 Å². The molecule has 2 rings (SSSR count). The lowest BCUT2D eigenvalue weighted by atomic mass is 10.2. The van der Waals surface area contributed by atoms with E-state index in [1.165, 1.54) is 12.1 Å². The second-order valence-corrected chi connectivity index (χ2v) is 7.19. The number of esters is 1. The van der Waals surface area contributed by atoms with Gasteiger partial charge in [-0.3, -0.25) is 9.59 Å². The number of methoxy groups -OCH3 is 1. The number of amides is 1. The lowest BCUT2D eigenvalue weighted by Gasteiger charge is -2.08. The van der Waals surface area contributed by atoms with Gasteiger partial charge in [0.25, 0.3) is 5.91 Å². The first-order valence-corrected chi connectivity index (χ1v) is 9.49. The average molecular weight is 392 g/mol. The highest BCUT2D eigenvalue weighted by Gasteiger charge is 2.16. The van der Waals surface area contributed by atoms with Crippen molar-refractivity contribution in [3.63, 3.8) is 0 Å². The van der Waals surface area contributed by atoms with Gasteiger partial charge in [-0.25, -0.2) is 8.42 Å². The monoisotopic (exact) mass is 392 g/mol. The molecule has 0 aromatic heterocycles. The maximum Gasteiger partial charge on any atom is 0.321 e. The molecule has 0 bridgehead atoms. The summed E-state index contributed by atoms with van der Waals surface area (Å²) in [6.45, 7) is -0.800. The number of rotatable bonds is 9. The molecule has 2 aromatic carbocycles. The van der Waals surface area contributed by atoms with Gasteiger partial charge in [-0.15, -0.1) is 0 Å². The molecule has 144 valence electrons. The van der Waals surface area contributed by atoms with Gasteiger partial charge < -0.3 is 14.8 Å². The summed E-state index contributed by atoms with van der Waals surface area (Å²) in [6.07, 6.45) is 0. The first-order valence-electron chi connectivity index (χ1n) is 8.00. The van der Waals surface area contributed by atoms with Crippen LogP contribution in [0.15, 0.2) is 59.5 Å². The van der Waals surface area contributed by atoms with Crippen LogP contribution in [-0.2, 0) is 30.9 Å². The Balaban J connectivity index is 1.70. The molecule has 0 heterocycles. The average Bonchev–Trinajstić information content (AvgIpc) is 2.70. The van der Waals surface area contributed by atoms with Crippen LogP contribution in [0.2, 0.25) is 0 Å². The molecule has 2 N–H and O–H groups in total. The number of nitrogens with one attached hydrogen (secondary N) is 2. The summed E-state index contributed by atoms with van der Waals surface area (Å²) >= 11 is 0. The fraction of sp³-hybridized carbons (Fsp3) is 0.222. The van der Waals surface area contributed by atoms with Crippen LogP contribution < -0.4 is 14.8 Å². The van der Waals surface area contributed by atoms with E-state index in [9.17, 15) is 18.0 Å². The van der Waals surface area contributed by atoms with Crippen molar-refractivity contribution in [3.05, 3.63) is 60.2 Å². The highest BCUT2D eigenvalue weighted by molar-refractivity contribution is 7.89. The number of ether oxygens (including phenoxy) is 2. The van der Waals surface area contributed by atoms with E-state index in [4.69, 9.17) is 9.47 Å². The second-order valence-electron chi connectivity index (χ2n) is 5.42. The van der Waals surface area contributed by atoms with Crippen LogP contribution in [-0.4, -0.2) is 40.6 Å². The van der Waals surface area contributed by atoms with E-state index in [-0.39, 0.29) is 11.4 Å². The van der Waals surface area contributed by atoms with Crippen molar-refractivity contribution in [3.8, 4) is 5.75 Å². The number of hydrogen-bond donors (Lipinski definition) is 2. The van der Waals surface area contributed by atoms with Crippen LogP contribution in [0.3, 0.4) is 0 Å². The van der Waals surface area contributed by atoms with E-state index in [2.05, 4.69) is 10.0 Å². The van der Waals surface area contributed by atoms with Gasteiger partial charge in [0.1, 0.15) is 12.3 Å². The summed E-state index contributed by atoms with van der Waals surface area (Å²) in [5.41, 5.74) is 0.853. The molecule has 0 saturated carbocycles. The minimum absolute atomic E-state index is 0.0371. The number of hydrogen-bond acceptors (Lipinski definition) is 6. The van der Waals surface area contributed by atoms with Crippen LogP contribution in [0.4, 0.5) is 0 Å². The molecule has 0 unspecified atom stereocenters. The Morgan fingerprint density at radius 2 is 1.67 bits per heavy atom. The minimum atomic E-state index is -3.81. The lowest BCUT2D eigenvalue weighted by molar-refractivity contribution is -0.147. The van der Waals surface area contributed by atoms with E-state index in [1.807, 2.05) is 0 Å². The molecule has 0 radical (unpaired) electrons. The Kier molecular flexibility index (Phi) is 7.33. The number of carbonyl (C=O) groups excluding carboxylic acids is 2. The third kappa shape index (κ3) is 6.72. The number of sulfonamides is 1. The van der Waals surface area contributed by atoms with Gasteiger partial charge in [0.05, 0.1) is 12.0 Å². The van der Waals surface area contributed by atoms with Crippen LogP contribution in [0, 0.1) is 0 Å². The van der Waals surface area contributed by atoms with Gasteiger partial charge >= 0.3 is 5.97 Å². The summed E-state index contributed by atoms with van der Waals surface area (Å²) in [6, 6.07) is 14.7. The summed E-state index contributed by atoms with van der Waals surface area (Å²) in [7, 11) is -2.25. The summed E-state index contributed by atoms with van der Waals surface area (Å²) < 4.78 is 35.9. The standard InChI is InChI=1S/C18H20N2O6S/c1-25-15-9-7-14(8-10-15)11-19-17(21)13-26-18(22)12-20-27(23,24)16-5-3-2-4-6-16/h2-10,20H,11-13H2,1H3,(H,19,21). The van der Waals surface area contributed by atoms with Gasteiger partial charge in [-0.05, 0) is 29.8 Å². The largest absolute Gasteiger partial charge is 0.497 e. The smallest absolute Gasteiger partial charge is 0.321 e. The van der Waals surface area contributed by atoms with Gasteiger partial charge in [-0.1, -0.05) is 30.3 Å². The normalized spacial score (nSPS) is 10.9. The topological polar surface area (TPSA) is 111 Å². The third-order valence-corrected chi connectivity index (χ3v) is 4.89. The first-order chi connectivity index (χ1) is 12.9. The van der Waals surface area contributed by atoms with Crippen LogP contribution in [0.1, 0.15) is 5.56 Å². The van der Waals surface area contributed by atoms with Crippen molar-refractivity contribution in [1.29, 1.82) is 0 Å². The van der Waals surface area contributed by atoms with Crippen molar-refractivity contribution in [1.82, 2.24) is 10.0 Å². The molecule has 1 amide bonds. The molecule has 27 heavy (non-hydrogen) atoms.